The lowest BCUT2D eigenvalue weighted by Gasteiger charge is -2.31. The van der Waals surface area contributed by atoms with Gasteiger partial charge in [-0.15, -0.1) is 0 Å². The fraction of sp³-hybridized carbons (Fsp3) is 0.429. The average Bonchev–Trinajstić information content (AvgIpc) is 2.59. The van der Waals surface area contributed by atoms with Crippen molar-refractivity contribution in [2.45, 2.75) is 45.3 Å². The molecule has 0 saturated carbocycles. The SMILES string of the molecule is COC(=O)CC[C@H](c1ccc2ccccc2c1)N(C)C(=O)OC(C)(C)C. The van der Waals surface area contributed by atoms with Crippen molar-refractivity contribution in [1.82, 2.24) is 4.90 Å². The molecule has 0 aliphatic heterocycles. The van der Waals surface area contributed by atoms with Crippen molar-refractivity contribution < 1.29 is 19.1 Å². The van der Waals surface area contributed by atoms with Crippen LogP contribution < -0.4 is 0 Å². The lowest BCUT2D eigenvalue weighted by molar-refractivity contribution is -0.141. The summed E-state index contributed by atoms with van der Waals surface area (Å²) >= 11 is 0. The highest BCUT2D eigenvalue weighted by atomic mass is 16.6. The fourth-order valence-electron chi connectivity index (χ4n) is 2.82. The molecular weight excluding hydrogens is 330 g/mol. The maximum atomic E-state index is 12.5. The zero-order valence-electron chi connectivity index (χ0n) is 16.1. The zero-order chi connectivity index (χ0) is 19.3. The molecule has 2 aromatic carbocycles. The summed E-state index contributed by atoms with van der Waals surface area (Å²) in [5.74, 6) is -0.298. The molecule has 2 aromatic rings. The van der Waals surface area contributed by atoms with E-state index in [0.29, 0.717) is 6.42 Å². The van der Waals surface area contributed by atoms with Crippen LogP contribution in [0.1, 0.15) is 45.2 Å². The molecule has 5 heteroatoms. The first-order chi connectivity index (χ1) is 12.2. The summed E-state index contributed by atoms with van der Waals surface area (Å²) in [7, 11) is 3.07. The highest BCUT2D eigenvalue weighted by molar-refractivity contribution is 5.83. The fourth-order valence-corrected chi connectivity index (χ4v) is 2.82. The minimum atomic E-state index is -0.582. The van der Waals surface area contributed by atoms with Crippen molar-refractivity contribution in [2.75, 3.05) is 14.2 Å². The van der Waals surface area contributed by atoms with Crippen LogP contribution in [0.5, 0.6) is 0 Å². The van der Waals surface area contributed by atoms with Crippen molar-refractivity contribution >= 4 is 22.8 Å². The van der Waals surface area contributed by atoms with E-state index in [9.17, 15) is 9.59 Å². The first-order valence-electron chi connectivity index (χ1n) is 8.72. The Hall–Kier alpha value is -2.56. The van der Waals surface area contributed by atoms with E-state index < -0.39 is 11.7 Å². The van der Waals surface area contributed by atoms with Crippen molar-refractivity contribution in [3.63, 3.8) is 0 Å². The summed E-state index contributed by atoms with van der Waals surface area (Å²) in [6.45, 7) is 5.49. The Morgan fingerprint density at radius 1 is 1.08 bits per heavy atom. The maximum absolute atomic E-state index is 12.5. The number of benzene rings is 2. The van der Waals surface area contributed by atoms with Crippen LogP contribution in [-0.4, -0.2) is 36.7 Å². The van der Waals surface area contributed by atoms with Crippen LogP contribution >= 0.6 is 0 Å². The minimum absolute atomic E-state index is 0.223. The standard InChI is InChI=1S/C21H27NO4/c1-21(2,3)26-20(24)22(4)18(12-13-19(23)25-5)17-11-10-15-8-6-7-9-16(15)14-17/h6-11,14,18H,12-13H2,1-5H3/t18-/m1/s1. The number of rotatable bonds is 5. The molecule has 0 unspecified atom stereocenters. The second-order valence-electron chi connectivity index (χ2n) is 7.33. The number of ether oxygens (including phenoxy) is 2. The number of amides is 1. The number of fused-ring (bicyclic) bond motifs is 1. The molecule has 0 N–H and O–H groups in total. The number of nitrogens with zero attached hydrogens (tertiary/aromatic N) is 1. The molecule has 0 aromatic heterocycles. The third-order valence-corrected chi connectivity index (χ3v) is 4.16. The van der Waals surface area contributed by atoms with Crippen molar-refractivity contribution in [3.8, 4) is 0 Å². The lowest BCUT2D eigenvalue weighted by atomic mass is 9.97. The predicted octanol–water partition coefficient (Wildman–Crippen LogP) is 4.70. The molecule has 140 valence electrons. The Morgan fingerprint density at radius 3 is 2.35 bits per heavy atom. The summed E-state index contributed by atoms with van der Waals surface area (Å²) < 4.78 is 10.2. The van der Waals surface area contributed by atoms with Crippen LogP contribution in [0.4, 0.5) is 4.79 Å². The Balaban J connectivity index is 2.32. The molecule has 1 atom stereocenters. The third-order valence-electron chi connectivity index (χ3n) is 4.16. The number of carbonyl (C=O) groups is 2. The van der Waals surface area contributed by atoms with Gasteiger partial charge in [0.2, 0.25) is 0 Å². The topological polar surface area (TPSA) is 55.8 Å². The Morgan fingerprint density at radius 2 is 1.73 bits per heavy atom. The Labute approximate surface area is 154 Å². The monoisotopic (exact) mass is 357 g/mol. The summed E-state index contributed by atoms with van der Waals surface area (Å²) in [4.78, 5) is 25.7. The number of esters is 1. The Kier molecular flexibility index (Phi) is 6.24. The van der Waals surface area contributed by atoms with E-state index in [1.807, 2.05) is 57.2 Å². The van der Waals surface area contributed by atoms with Gasteiger partial charge in [0.05, 0.1) is 13.2 Å². The number of methoxy groups -OCH3 is 1. The average molecular weight is 357 g/mol. The molecule has 0 aliphatic rings. The van der Waals surface area contributed by atoms with Gasteiger partial charge in [-0.05, 0) is 49.6 Å². The van der Waals surface area contributed by atoms with Gasteiger partial charge in [-0.2, -0.15) is 0 Å². The van der Waals surface area contributed by atoms with E-state index in [0.717, 1.165) is 16.3 Å². The van der Waals surface area contributed by atoms with Crippen molar-refractivity contribution in [1.29, 1.82) is 0 Å². The van der Waals surface area contributed by atoms with E-state index in [1.165, 1.54) is 7.11 Å². The maximum Gasteiger partial charge on any atom is 0.410 e. The van der Waals surface area contributed by atoms with Gasteiger partial charge < -0.3 is 14.4 Å². The largest absolute Gasteiger partial charge is 0.469 e. The van der Waals surface area contributed by atoms with Gasteiger partial charge >= 0.3 is 12.1 Å². The van der Waals surface area contributed by atoms with Crippen LogP contribution in [0.15, 0.2) is 42.5 Å². The molecule has 26 heavy (non-hydrogen) atoms. The van der Waals surface area contributed by atoms with E-state index in [-0.39, 0.29) is 18.4 Å². The number of hydrogen-bond donors (Lipinski definition) is 0. The van der Waals surface area contributed by atoms with E-state index in [4.69, 9.17) is 9.47 Å². The summed E-state index contributed by atoms with van der Waals surface area (Å²) in [6.07, 6.45) is 0.266. The second-order valence-corrected chi connectivity index (χ2v) is 7.33. The normalized spacial score (nSPS) is 12.5. The van der Waals surface area contributed by atoms with Crippen LogP contribution in [0.25, 0.3) is 10.8 Å². The van der Waals surface area contributed by atoms with Gasteiger partial charge in [0.1, 0.15) is 5.60 Å². The first kappa shape index (κ1) is 19.8. The molecule has 0 bridgehead atoms. The van der Waals surface area contributed by atoms with Gasteiger partial charge in [0.25, 0.3) is 0 Å². The molecule has 1 amide bonds. The molecule has 0 spiro atoms. The molecule has 0 fully saturated rings. The van der Waals surface area contributed by atoms with Gasteiger partial charge in [-0.3, -0.25) is 4.79 Å². The summed E-state index contributed by atoms with van der Waals surface area (Å²) in [5, 5.41) is 2.22. The number of hydrogen-bond acceptors (Lipinski definition) is 4. The molecule has 0 aliphatic carbocycles. The molecule has 5 nitrogen and oxygen atoms in total. The highest BCUT2D eigenvalue weighted by Crippen LogP contribution is 2.29. The molecule has 0 heterocycles. The lowest BCUT2D eigenvalue weighted by Crippen LogP contribution is -2.37. The van der Waals surface area contributed by atoms with Gasteiger partial charge in [0, 0.05) is 13.5 Å². The van der Waals surface area contributed by atoms with Gasteiger partial charge in [-0.25, -0.2) is 4.79 Å². The number of carbonyl (C=O) groups excluding carboxylic acids is 2. The zero-order valence-corrected chi connectivity index (χ0v) is 16.1. The van der Waals surface area contributed by atoms with Crippen LogP contribution in [0.2, 0.25) is 0 Å². The quantitative estimate of drug-likeness (QED) is 0.728. The van der Waals surface area contributed by atoms with E-state index in [1.54, 1.807) is 11.9 Å². The Bertz CT molecular complexity index is 779. The van der Waals surface area contributed by atoms with Gasteiger partial charge in [-0.1, -0.05) is 36.4 Å². The summed E-state index contributed by atoms with van der Waals surface area (Å²) in [5.41, 5.74) is 0.378. The minimum Gasteiger partial charge on any atom is -0.469 e. The smallest absolute Gasteiger partial charge is 0.410 e. The van der Waals surface area contributed by atoms with E-state index in [2.05, 4.69) is 6.07 Å². The first-order valence-corrected chi connectivity index (χ1v) is 8.72. The molecule has 0 radical (unpaired) electrons. The van der Waals surface area contributed by atoms with Crippen LogP contribution in [0, 0.1) is 0 Å². The van der Waals surface area contributed by atoms with Crippen molar-refractivity contribution in [3.05, 3.63) is 48.0 Å². The molecule has 0 saturated heterocycles. The predicted molar refractivity (Wildman–Crippen MR) is 102 cm³/mol. The van der Waals surface area contributed by atoms with Crippen molar-refractivity contribution in [2.24, 2.45) is 0 Å². The van der Waals surface area contributed by atoms with E-state index >= 15 is 0 Å². The van der Waals surface area contributed by atoms with Crippen LogP contribution in [-0.2, 0) is 14.3 Å². The molecule has 2 rings (SSSR count). The highest BCUT2D eigenvalue weighted by Gasteiger charge is 2.27. The summed E-state index contributed by atoms with van der Waals surface area (Å²) in [6, 6.07) is 13.8. The third kappa shape index (κ3) is 5.22. The van der Waals surface area contributed by atoms with Gasteiger partial charge in [0.15, 0.2) is 0 Å². The molecular formula is C21H27NO4. The van der Waals surface area contributed by atoms with Crippen LogP contribution in [0.3, 0.4) is 0 Å². The second kappa shape index (κ2) is 8.21.